The molecule has 64 valence electrons. The van der Waals surface area contributed by atoms with E-state index in [0.717, 1.165) is 22.0 Å². The van der Waals surface area contributed by atoms with Gasteiger partial charge in [-0.2, -0.15) is 5.26 Å². The summed E-state index contributed by atoms with van der Waals surface area (Å²) in [6.07, 6.45) is 1.98. The molecule has 0 N–H and O–H groups in total. The molecule has 2 aromatic rings. The standard InChI is InChI=1S/C11H10N2/c1-8-3-4-11-9(10(8)7-12)5-6-13(11)2/h3-6H,1-2H3. The van der Waals surface area contributed by atoms with Crippen LogP contribution in [-0.2, 0) is 7.05 Å². The van der Waals surface area contributed by atoms with Gasteiger partial charge in [0.25, 0.3) is 0 Å². The van der Waals surface area contributed by atoms with Crippen molar-refractivity contribution in [1.29, 1.82) is 5.26 Å². The van der Waals surface area contributed by atoms with Gasteiger partial charge in [-0.25, -0.2) is 0 Å². The second-order valence-corrected chi connectivity index (χ2v) is 3.23. The lowest BCUT2D eigenvalue weighted by atomic mass is 10.1. The van der Waals surface area contributed by atoms with Gasteiger partial charge < -0.3 is 4.57 Å². The summed E-state index contributed by atoms with van der Waals surface area (Å²) >= 11 is 0. The number of hydrogen-bond acceptors (Lipinski definition) is 1. The first kappa shape index (κ1) is 7.88. The van der Waals surface area contributed by atoms with Crippen molar-refractivity contribution in [3.8, 4) is 6.07 Å². The summed E-state index contributed by atoms with van der Waals surface area (Å²) < 4.78 is 2.02. The lowest BCUT2D eigenvalue weighted by molar-refractivity contribution is 0.969. The molecule has 0 aliphatic heterocycles. The van der Waals surface area contributed by atoms with E-state index in [1.54, 1.807) is 0 Å². The van der Waals surface area contributed by atoms with Gasteiger partial charge >= 0.3 is 0 Å². The quantitative estimate of drug-likeness (QED) is 0.596. The van der Waals surface area contributed by atoms with Gasteiger partial charge in [0.1, 0.15) is 6.07 Å². The molecule has 0 amide bonds. The van der Waals surface area contributed by atoms with Crippen molar-refractivity contribution in [3.05, 3.63) is 35.5 Å². The predicted octanol–water partition coefficient (Wildman–Crippen LogP) is 2.36. The lowest BCUT2D eigenvalue weighted by Gasteiger charge is -2.00. The van der Waals surface area contributed by atoms with Gasteiger partial charge in [0, 0.05) is 24.1 Å². The van der Waals surface area contributed by atoms with E-state index < -0.39 is 0 Å². The summed E-state index contributed by atoms with van der Waals surface area (Å²) in [4.78, 5) is 0. The number of nitriles is 1. The van der Waals surface area contributed by atoms with Crippen LogP contribution in [-0.4, -0.2) is 4.57 Å². The summed E-state index contributed by atoms with van der Waals surface area (Å²) in [6, 6.07) is 8.26. The fraction of sp³-hybridized carbons (Fsp3) is 0.182. The minimum absolute atomic E-state index is 0.790. The number of aromatic nitrogens is 1. The fourth-order valence-electron chi connectivity index (χ4n) is 1.61. The van der Waals surface area contributed by atoms with Crippen LogP contribution >= 0.6 is 0 Å². The highest BCUT2D eigenvalue weighted by molar-refractivity contribution is 5.87. The number of benzene rings is 1. The normalized spacial score (nSPS) is 10.2. The van der Waals surface area contributed by atoms with Gasteiger partial charge in [0.2, 0.25) is 0 Å². The highest BCUT2D eigenvalue weighted by atomic mass is 14.9. The Labute approximate surface area is 77.0 Å². The fourth-order valence-corrected chi connectivity index (χ4v) is 1.61. The molecule has 2 rings (SSSR count). The van der Waals surface area contributed by atoms with Crippen LogP contribution in [0.15, 0.2) is 24.4 Å². The number of aryl methyl sites for hydroxylation is 2. The van der Waals surface area contributed by atoms with Gasteiger partial charge in [-0.3, -0.25) is 0 Å². The van der Waals surface area contributed by atoms with Crippen molar-refractivity contribution in [1.82, 2.24) is 4.57 Å². The van der Waals surface area contributed by atoms with Gasteiger partial charge in [-0.05, 0) is 24.6 Å². The zero-order valence-electron chi connectivity index (χ0n) is 7.70. The molecular weight excluding hydrogens is 160 g/mol. The molecule has 2 nitrogen and oxygen atoms in total. The minimum Gasteiger partial charge on any atom is -0.351 e. The van der Waals surface area contributed by atoms with Gasteiger partial charge in [-0.1, -0.05) is 6.07 Å². The molecule has 0 fully saturated rings. The van der Waals surface area contributed by atoms with Gasteiger partial charge in [-0.15, -0.1) is 0 Å². The van der Waals surface area contributed by atoms with E-state index >= 15 is 0 Å². The van der Waals surface area contributed by atoms with Crippen molar-refractivity contribution in [2.24, 2.45) is 7.05 Å². The van der Waals surface area contributed by atoms with Crippen molar-refractivity contribution in [3.63, 3.8) is 0 Å². The molecule has 13 heavy (non-hydrogen) atoms. The molecule has 1 heterocycles. The van der Waals surface area contributed by atoms with Crippen LogP contribution in [0.25, 0.3) is 10.9 Å². The molecular formula is C11H10N2. The van der Waals surface area contributed by atoms with E-state index in [4.69, 9.17) is 5.26 Å². The third-order valence-corrected chi connectivity index (χ3v) is 2.39. The third-order valence-electron chi connectivity index (χ3n) is 2.39. The molecule has 0 atom stereocenters. The second kappa shape index (κ2) is 2.63. The topological polar surface area (TPSA) is 28.7 Å². The van der Waals surface area contributed by atoms with Crippen LogP contribution in [0.1, 0.15) is 11.1 Å². The van der Waals surface area contributed by atoms with Crippen LogP contribution in [0.4, 0.5) is 0 Å². The summed E-state index contributed by atoms with van der Waals surface area (Å²) in [6.45, 7) is 1.96. The molecule has 0 saturated heterocycles. The largest absolute Gasteiger partial charge is 0.351 e. The maximum atomic E-state index is 8.97. The molecule has 2 heteroatoms. The number of fused-ring (bicyclic) bond motifs is 1. The Kier molecular flexibility index (Phi) is 1.60. The Bertz CT molecular complexity index is 501. The summed E-state index contributed by atoms with van der Waals surface area (Å²) in [5.74, 6) is 0. The van der Waals surface area contributed by atoms with Crippen LogP contribution in [0.3, 0.4) is 0 Å². The van der Waals surface area contributed by atoms with Gasteiger partial charge in [0.05, 0.1) is 5.56 Å². The average molecular weight is 170 g/mol. The van der Waals surface area contributed by atoms with Gasteiger partial charge in [0.15, 0.2) is 0 Å². The number of rotatable bonds is 0. The Morgan fingerprint density at radius 2 is 2.08 bits per heavy atom. The first-order valence-electron chi connectivity index (χ1n) is 4.19. The first-order chi connectivity index (χ1) is 6.24. The lowest BCUT2D eigenvalue weighted by Crippen LogP contribution is -1.87. The van der Waals surface area contributed by atoms with Crippen LogP contribution in [0.2, 0.25) is 0 Å². The molecule has 1 aromatic heterocycles. The molecule has 0 aliphatic carbocycles. The zero-order chi connectivity index (χ0) is 9.42. The van der Waals surface area contributed by atoms with Crippen molar-refractivity contribution >= 4 is 10.9 Å². The molecule has 0 aliphatic rings. The highest BCUT2D eigenvalue weighted by Gasteiger charge is 2.05. The van der Waals surface area contributed by atoms with E-state index in [2.05, 4.69) is 6.07 Å². The molecule has 0 radical (unpaired) electrons. The zero-order valence-corrected chi connectivity index (χ0v) is 7.70. The minimum atomic E-state index is 0.790. The molecule has 0 spiro atoms. The Morgan fingerprint density at radius 3 is 2.77 bits per heavy atom. The molecule has 1 aromatic carbocycles. The Morgan fingerprint density at radius 1 is 1.31 bits per heavy atom. The summed E-state index contributed by atoms with van der Waals surface area (Å²) in [5.41, 5.74) is 2.95. The predicted molar refractivity (Wildman–Crippen MR) is 52.4 cm³/mol. The molecule has 0 bridgehead atoms. The maximum absolute atomic E-state index is 8.97. The van der Waals surface area contributed by atoms with E-state index in [9.17, 15) is 0 Å². The molecule has 0 unspecified atom stereocenters. The van der Waals surface area contributed by atoms with E-state index in [-0.39, 0.29) is 0 Å². The second-order valence-electron chi connectivity index (χ2n) is 3.23. The molecule has 0 saturated carbocycles. The maximum Gasteiger partial charge on any atom is 0.100 e. The monoisotopic (exact) mass is 170 g/mol. The van der Waals surface area contributed by atoms with E-state index in [0.29, 0.717) is 0 Å². The average Bonchev–Trinajstić information content (AvgIpc) is 2.48. The van der Waals surface area contributed by atoms with E-state index in [1.807, 2.05) is 42.9 Å². The Hall–Kier alpha value is -1.75. The summed E-state index contributed by atoms with van der Waals surface area (Å²) in [5, 5.41) is 10.0. The van der Waals surface area contributed by atoms with Crippen molar-refractivity contribution in [2.45, 2.75) is 6.92 Å². The smallest absolute Gasteiger partial charge is 0.100 e. The number of hydrogen-bond donors (Lipinski definition) is 0. The first-order valence-corrected chi connectivity index (χ1v) is 4.19. The Balaban J connectivity index is 2.95. The number of nitrogens with zero attached hydrogens (tertiary/aromatic N) is 2. The van der Waals surface area contributed by atoms with Crippen LogP contribution < -0.4 is 0 Å². The third kappa shape index (κ3) is 1.01. The van der Waals surface area contributed by atoms with Crippen LogP contribution in [0, 0.1) is 18.3 Å². The van der Waals surface area contributed by atoms with Crippen LogP contribution in [0.5, 0.6) is 0 Å². The van der Waals surface area contributed by atoms with Crippen molar-refractivity contribution < 1.29 is 0 Å². The van der Waals surface area contributed by atoms with E-state index in [1.165, 1.54) is 0 Å². The highest BCUT2D eigenvalue weighted by Crippen LogP contribution is 2.21. The van der Waals surface area contributed by atoms with Crippen molar-refractivity contribution in [2.75, 3.05) is 0 Å². The summed E-state index contributed by atoms with van der Waals surface area (Å²) in [7, 11) is 1.98. The SMILES string of the molecule is Cc1ccc2c(ccn2C)c1C#N.